The lowest BCUT2D eigenvalue weighted by atomic mass is 10.0. The highest BCUT2D eigenvalue weighted by Gasteiger charge is 2.25. The molecule has 4 N–H and O–H groups in total. The lowest BCUT2D eigenvalue weighted by Gasteiger charge is -2.24. The van der Waals surface area contributed by atoms with Crippen molar-refractivity contribution in [2.75, 3.05) is 13.2 Å². The summed E-state index contributed by atoms with van der Waals surface area (Å²) in [6.07, 6.45) is 9.38. The maximum Gasteiger partial charge on any atom is 0.321 e. The zero-order chi connectivity index (χ0) is 38.0. The van der Waals surface area contributed by atoms with E-state index in [2.05, 4.69) is 41.8 Å². The molecule has 0 amide bonds. The molecular weight excluding hydrogens is 816 g/mol. The Kier molecular flexibility index (Phi) is 10.9. The average molecular weight is 857 g/mol. The molecule has 2 aliphatic heterocycles. The molecule has 0 spiro atoms. The normalized spacial score (nSPS) is 14.5. The first-order valence-corrected chi connectivity index (χ1v) is 19.3. The van der Waals surface area contributed by atoms with Crippen LogP contribution in [0.5, 0.6) is 11.5 Å². The van der Waals surface area contributed by atoms with Gasteiger partial charge in [-0.2, -0.15) is 0 Å². The second-order valence-corrected chi connectivity index (χ2v) is 14.7. The number of aliphatic hydroxyl groups is 2. The van der Waals surface area contributed by atoms with E-state index in [9.17, 15) is 10.2 Å². The summed E-state index contributed by atoms with van der Waals surface area (Å²) in [4.78, 5) is 17.4. The van der Waals surface area contributed by atoms with Crippen molar-refractivity contribution in [2.45, 2.75) is 52.5 Å². The quantitative estimate of drug-likeness (QED) is 0.0893. The van der Waals surface area contributed by atoms with Crippen LogP contribution in [0, 0.1) is 0 Å². The van der Waals surface area contributed by atoms with E-state index in [0.29, 0.717) is 24.7 Å². The highest BCUT2D eigenvalue weighted by atomic mass is 79.9. The molecule has 2 atom stereocenters. The van der Waals surface area contributed by atoms with Gasteiger partial charge in [0, 0.05) is 36.0 Å². The number of halogens is 2. The maximum atomic E-state index is 10.7. The second-order valence-electron chi connectivity index (χ2n) is 13.1. The number of aromatic amines is 2. The molecule has 2 aliphatic rings. The van der Waals surface area contributed by atoms with Crippen LogP contribution in [0.2, 0.25) is 0 Å². The molecular formula is C42H40Br2N4O6. The van der Waals surface area contributed by atoms with Crippen LogP contribution >= 0.6 is 31.9 Å². The van der Waals surface area contributed by atoms with Gasteiger partial charge in [-0.1, -0.05) is 38.1 Å². The molecule has 0 saturated heterocycles. The van der Waals surface area contributed by atoms with Crippen LogP contribution in [0.1, 0.15) is 63.3 Å². The van der Waals surface area contributed by atoms with Crippen LogP contribution in [0.3, 0.4) is 0 Å². The van der Waals surface area contributed by atoms with E-state index >= 15 is 0 Å². The van der Waals surface area contributed by atoms with Gasteiger partial charge in [0.05, 0.1) is 56.0 Å². The first-order valence-electron chi connectivity index (χ1n) is 17.7. The molecule has 5 aromatic rings. The molecule has 5 heterocycles. The van der Waals surface area contributed by atoms with Crippen LogP contribution in [0.15, 0.2) is 81.7 Å². The first kappa shape index (κ1) is 37.7. The number of nitrogens with one attached hydrogen (secondary N) is 2. The van der Waals surface area contributed by atoms with Crippen LogP contribution in [-0.4, -0.2) is 55.3 Å². The van der Waals surface area contributed by atoms with Crippen LogP contribution in [0.25, 0.3) is 68.6 Å². The number of ether oxygens (including phenoxy) is 4. The van der Waals surface area contributed by atoms with E-state index in [-0.39, 0.29) is 0 Å². The lowest BCUT2D eigenvalue weighted by molar-refractivity contribution is -0.307. The van der Waals surface area contributed by atoms with Crippen molar-refractivity contribution in [1.82, 2.24) is 19.9 Å². The SMILES string of the molecule is CCCOC(C)(O)Oc1cccc(-c2c3nc(c(Br)c4ccc([nH]4)c(-c4cccc(OC(C)(O)OCCC)c4)c4nc(c(Br)c5ccc2[nH]5)C=C4)C=C3)c1. The van der Waals surface area contributed by atoms with Crippen molar-refractivity contribution in [1.29, 1.82) is 0 Å². The van der Waals surface area contributed by atoms with Crippen LogP contribution < -0.4 is 9.47 Å². The van der Waals surface area contributed by atoms with Gasteiger partial charge in [0.1, 0.15) is 11.5 Å². The number of fused-ring (bicyclic) bond motifs is 8. The smallest absolute Gasteiger partial charge is 0.321 e. The largest absolute Gasteiger partial charge is 0.439 e. The van der Waals surface area contributed by atoms with E-state index in [1.165, 1.54) is 13.8 Å². The van der Waals surface area contributed by atoms with E-state index in [1.807, 2.05) is 98.8 Å². The van der Waals surface area contributed by atoms with Crippen molar-refractivity contribution in [3.63, 3.8) is 0 Å². The summed E-state index contributed by atoms with van der Waals surface area (Å²) in [5.74, 6) is -2.69. The average Bonchev–Trinajstić information content (AvgIpc) is 3.98. The molecule has 12 heteroatoms. The minimum absolute atomic E-state index is 0.356. The van der Waals surface area contributed by atoms with E-state index < -0.39 is 11.9 Å². The molecule has 0 saturated carbocycles. The summed E-state index contributed by atoms with van der Waals surface area (Å²) in [6, 6.07) is 23.0. The number of rotatable bonds is 12. The van der Waals surface area contributed by atoms with Gasteiger partial charge in [-0.05, 0) is 129 Å². The topological polar surface area (TPSA) is 135 Å². The minimum atomic E-state index is -1.79. The third-order valence-electron chi connectivity index (χ3n) is 8.63. The second kappa shape index (κ2) is 15.7. The molecule has 0 aliphatic carbocycles. The Balaban J connectivity index is 1.42. The lowest BCUT2D eigenvalue weighted by Crippen LogP contribution is -2.35. The van der Waals surface area contributed by atoms with E-state index in [1.54, 1.807) is 12.1 Å². The van der Waals surface area contributed by atoms with Gasteiger partial charge in [-0.15, -0.1) is 0 Å². The molecule has 8 bridgehead atoms. The Morgan fingerprint density at radius 1 is 0.574 bits per heavy atom. The summed E-state index contributed by atoms with van der Waals surface area (Å²) in [5, 5.41) is 21.5. The number of benzene rings is 2. The third-order valence-corrected chi connectivity index (χ3v) is 10.3. The number of hydrogen-bond acceptors (Lipinski definition) is 8. The zero-order valence-corrected chi connectivity index (χ0v) is 33.4. The molecule has 54 heavy (non-hydrogen) atoms. The van der Waals surface area contributed by atoms with Gasteiger partial charge in [0.15, 0.2) is 0 Å². The summed E-state index contributed by atoms with van der Waals surface area (Å²) < 4.78 is 24.3. The summed E-state index contributed by atoms with van der Waals surface area (Å²) in [5.41, 5.74) is 9.49. The maximum absolute atomic E-state index is 10.7. The Labute approximate surface area is 329 Å². The van der Waals surface area contributed by atoms with Gasteiger partial charge in [0.2, 0.25) is 0 Å². The van der Waals surface area contributed by atoms with Gasteiger partial charge in [0.25, 0.3) is 0 Å². The predicted octanol–water partition coefficient (Wildman–Crippen LogP) is 10.5. The fourth-order valence-corrected chi connectivity index (χ4v) is 7.16. The summed E-state index contributed by atoms with van der Waals surface area (Å²) >= 11 is 7.67. The van der Waals surface area contributed by atoms with Crippen molar-refractivity contribution >= 4 is 78.2 Å². The molecule has 3 aromatic heterocycles. The Bertz CT molecular complexity index is 2260. The number of H-pyrrole nitrogens is 2. The molecule has 0 radical (unpaired) electrons. The van der Waals surface area contributed by atoms with E-state index in [0.717, 1.165) is 88.9 Å². The summed E-state index contributed by atoms with van der Waals surface area (Å²) in [7, 11) is 0. The van der Waals surface area contributed by atoms with Crippen molar-refractivity contribution < 1.29 is 29.2 Å². The fraction of sp³-hybridized carbons (Fsp3) is 0.238. The number of hydrogen-bond donors (Lipinski definition) is 4. The monoisotopic (exact) mass is 854 g/mol. The van der Waals surface area contributed by atoms with Gasteiger partial charge in [-0.25, -0.2) is 9.97 Å². The van der Waals surface area contributed by atoms with Gasteiger partial charge in [-0.3, -0.25) is 0 Å². The van der Waals surface area contributed by atoms with Crippen molar-refractivity contribution in [3.8, 4) is 33.8 Å². The molecule has 10 nitrogen and oxygen atoms in total. The van der Waals surface area contributed by atoms with Gasteiger partial charge < -0.3 is 39.1 Å². The Morgan fingerprint density at radius 3 is 1.37 bits per heavy atom. The van der Waals surface area contributed by atoms with Crippen LogP contribution in [-0.2, 0) is 9.47 Å². The highest BCUT2D eigenvalue weighted by molar-refractivity contribution is 9.11. The minimum Gasteiger partial charge on any atom is -0.439 e. The number of nitrogens with zero attached hydrogens (tertiary/aromatic N) is 2. The zero-order valence-electron chi connectivity index (χ0n) is 30.2. The predicted molar refractivity (Wildman–Crippen MR) is 220 cm³/mol. The number of aromatic nitrogens is 4. The summed E-state index contributed by atoms with van der Waals surface area (Å²) in [6.45, 7) is 7.61. The highest BCUT2D eigenvalue weighted by Crippen LogP contribution is 2.38. The molecule has 2 unspecified atom stereocenters. The van der Waals surface area contributed by atoms with Crippen LogP contribution in [0.4, 0.5) is 0 Å². The first-order chi connectivity index (χ1) is 25.9. The molecule has 0 fully saturated rings. The Hall–Kier alpha value is -4.56. The van der Waals surface area contributed by atoms with E-state index in [4.69, 9.17) is 28.9 Å². The third kappa shape index (κ3) is 8.24. The van der Waals surface area contributed by atoms with Crippen molar-refractivity contribution in [3.05, 3.63) is 105 Å². The standard InChI is InChI=1S/C42H40Br2N4O6/c1-5-21-51-41(3,49)53-27-11-7-9-25(23-27)37-29-13-17-33(45-29)39(43)35-19-15-31(47-35)38(26-10-8-12-28(24-26)54-42(4,50)52-22-6-2)32-16-20-36(48-32)40(44)34-18-14-30(37)46-34/h7-20,23-24,45,48-50H,5-6,21-22H2,1-4H3. The molecule has 278 valence electrons. The molecule has 7 rings (SSSR count). The van der Waals surface area contributed by atoms with Gasteiger partial charge >= 0.3 is 11.9 Å². The molecule has 2 aromatic carbocycles. The fourth-order valence-electron chi connectivity index (χ4n) is 6.25. The Morgan fingerprint density at radius 2 is 0.963 bits per heavy atom. The van der Waals surface area contributed by atoms with Crippen molar-refractivity contribution in [2.24, 2.45) is 0 Å².